The normalized spacial score (nSPS) is 14.1. The Morgan fingerprint density at radius 1 is 1.16 bits per heavy atom. The Morgan fingerprint density at radius 2 is 1.74 bits per heavy atom. The van der Waals surface area contributed by atoms with Crippen LogP contribution in [0.4, 0.5) is 0 Å². The molecule has 0 saturated carbocycles. The summed E-state index contributed by atoms with van der Waals surface area (Å²) in [5, 5.41) is 3.57. The topological polar surface area (TPSA) is 15.3 Å². The number of aryl methyl sites for hydroxylation is 1. The van der Waals surface area contributed by atoms with Crippen molar-refractivity contribution in [3.63, 3.8) is 0 Å². The van der Waals surface area contributed by atoms with Gasteiger partial charge in [-0.05, 0) is 59.0 Å². The number of likely N-dealkylation sites (N-methyl/N-ethyl adjacent to an activating group) is 2. The van der Waals surface area contributed by atoms with Gasteiger partial charge >= 0.3 is 0 Å². The first-order valence-corrected chi connectivity index (χ1v) is 8.27. The van der Waals surface area contributed by atoms with Gasteiger partial charge in [0.1, 0.15) is 0 Å². The lowest BCUT2D eigenvalue weighted by molar-refractivity contribution is 0.0921. The van der Waals surface area contributed by atoms with Gasteiger partial charge in [-0.2, -0.15) is 0 Å². The second-order valence-electron chi connectivity index (χ2n) is 5.47. The maximum absolute atomic E-state index is 3.57. The lowest BCUT2D eigenvalue weighted by atomic mass is 9.81. The van der Waals surface area contributed by atoms with E-state index in [2.05, 4.69) is 64.3 Å². The van der Waals surface area contributed by atoms with E-state index in [1.807, 2.05) is 11.3 Å². The van der Waals surface area contributed by atoms with Crippen LogP contribution in [-0.2, 0) is 12.8 Å². The van der Waals surface area contributed by atoms with Gasteiger partial charge in [0.25, 0.3) is 0 Å². The molecule has 0 aliphatic heterocycles. The number of nitrogens with one attached hydrogen (secondary N) is 1. The van der Waals surface area contributed by atoms with Crippen molar-refractivity contribution in [2.45, 2.75) is 58.0 Å². The highest BCUT2D eigenvalue weighted by atomic mass is 32.1. The Bertz CT molecular complexity index is 367. The van der Waals surface area contributed by atoms with Crippen LogP contribution in [-0.4, -0.2) is 37.6 Å². The van der Waals surface area contributed by atoms with E-state index in [1.165, 1.54) is 22.6 Å². The van der Waals surface area contributed by atoms with Crippen LogP contribution in [0.25, 0.3) is 0 Å². The molecular weight excluding hydrogens is 252 g/mol. The maximum atomic E-state index is 3.57. The first kappa shape index (κ1) is 16.7. The maximum Gasteiger partial charge on any atom is 0.0354 e. The van der Waals surface area contributed by atoms with E-state index >= 15 is 0 Å². The summed E-state index contributed by atoms with van der Waals surface area (Å²) in [5.74, 6) is 0. The quantitative estimate of drug-likeness (QED) is 0.784. The molecule has 0 bridgehead atoms. The molecule has 1 atom stereocenters. The lowest BCUT2D eigenvalue weighted by Crippen LogP contribution is -2.58. The number of thiophene rings is 1. The molecule has 0 amide bonds. The van der Waals surface area contributed by atoms with Crippen molar-refractivity contribution in [2.24, 2.45) is 0 Å². The number of hydrogen-bond donors (Lipinski definition) is 1. The summed E-state index contributed by atoms with van der Waals surface area (Å²) < 4.78 is 0. The van der Waals surface area contributed by atoms with Crippen LogP contribution in [0.5, 0.6) is 0 Å². The van der Waals surface area contributed by atoms with Crippen LogP contribution in [0.15, 0.2) is 12.1 Å². The van der Waals surface area contributed by atoms with Gasteiger partial charge in [-0.25, -0.2) is 0 Å². The van der Waals surface area contributed by atoms with Crippen molar-refractivity contribution in [1.29, 1.82) is 0 Å². The van der Waals surface area contributed by atoms with Crippen LogP contribution >= 0.6 is 11.3 Å². The molecule has 0 fully saturated rings. The fourth-order valence-electron chi connectivity index (χ4n) is 3.17. The van der Waals surface area contributed by atoms with Crippen molar-refractivity contribution in [1.82, 2.24) is 10.2 Å². The largest absolute Gasteiger partial charge is 0.315 e. The Kier molecular flexibility index (Phi) is 6.51. The smallest absolute Gasteiger partial charge is 0.0354 e. The van der Waals surface area contributed by atoms with Crippen LogP contribution < -0.4 is 5.32 Å². The summed E-state index contributed by atoms with van der Waals surface area (Å²) in [6.45, 7) is 6.84. The highest BCUT2D eigenvalue weighted by Gasteiger charge is 2.37. The molecule has 19 heavy (non-hydrogen) atoms. The number of nitrogens with zero attached hydrogens (tertiary/aromatic N) is 1. The minimum absolute atomic E-state index is 0.241. The summed E-state index contributed by atoms with van der Waals surface area (Å²) in [7, 11) is 6.52. The zero-order chi connectivity index (χ0) is 14.5. The van der Waals surface area contributed by atoms with E-state index in [0.29, 0.717) is 6.04 Å². The first-order valence-electron chi connectivity index (χ1n) is 7.46. The van der Waals surface area contributed by atoms with E-state index in [1.54, 1.807) is 0 Å². The summed E-state index contributed by atoms with van der Waals surface area (Å²) >= 11 is 1.97. The Hall–Kier alpha value is -0.380. The minimum Gasteiger partial charge on any atom is -0.315 e. The standard InChI is InChI=1S/C16H30N2S/c1-7-13-10-11-14(19-13)12-15(17-4)16(8-2,9-3)18(5)6/h10-11,15,17H,7-9,12H2,1-6H3. The second-order valence-corrected chi connectivity index (χ2v) is 6.72. The Labute approximate surface area is 123 Å². The molecule has 1 aromatic rings. The molecule has 1 N–H and O–H groups in total. The molecule has 0 aliphatic carbocycles. The van der Waals surface area contributed by atoms with Crippen LogP contribution in [0.2, 0.25) is 0 Å². The van der Waals surface area contributed by atoms with Crippen molar-refractivity contribution >= 4 is 11.3 Å². The molecule has 1 unspecified atom stereocenters. The third-order valence-electron chi connectivity index (χ3n) is 4.58. The summed E-state index contributed by atoms with van der Waals surface area (Å²) in [5.41, 5.74) is 0.241. The second kappa shape index (κ2) is 7.41. The summed E-state index contributed by atoms with van der Waals surface area (Å²) in [4.78, 5) is 5.40. The zero-order valence-corrected chi connectivity index (χ0v) is 14.2. The molecule has 1 rings (SSSR count). The Morgan fingerprint density at radius 3 is 2.11 bits per heavy atom. The molecule has 1 heterocycles. The van der Waals surface area contributed by atoms with Gasteiger partial charge in [0.2, 0.25) is 0 Å². The van der Waals surface area contributed by atoms with Crippen LogP contribution in [0.1, 0.15) is 43.4 Å². The van der Waals surface area contributed by atoms with Gasteiger partial charge in [-0.15, -0.1) is 11.3 Å². The average Bonchev–Trinajstić information content (AvgIpc) is 2.86. The van der Waals surface area contributed by atoms with E-state index < -0.39 is 0 Å². The molecule has 0 radical (unpaired) electrons. The zero-order valence-electron chi connectivity index (χ0n) is 13.4. The SMILES string of the molecule is CCc1ccc(CC(NC)C(CC)(CC)N(C)C)s1. The molecule has 110 valence electrons. The molecule has 0 spiro atoms. The summed E-state index contributed by atoms with van der Waals surface area (Å²) in [6.07, 6.45) is 4.62. The van der Waals surface area contributed by atoms with Crippen molar-refractivity contribution in [3.05, 3.63) is 21.9 Å². The van der Waals surface area contributed by atoms with Crippen molar-refractivity contribution in [3.8, 4) is 0 Å². The third-order valence-corrected chi connectivity index (χ3v) is 5.84. The lowest BCUT2D eigenvalue weighted by Gasteiger charge is -2.45. The third kappa shape index (κ3) is 3.59. The van der Waals surface area contributed by atoms with Gasteiger partial charge in [0.05, 0.1) is 0 Å². The van der Waals surface area contributed by atoms with Gasteiger partial charge in [0, 0.05) is 21.3 Å². The van der Waals surface area contributed by atoms with E-state index in [4.69, 9.17) is 0 Å². The first-order chi connectivity index (χ1) is 9.03. The van der Waals surface area contributed by atoms with Crippen molar-refractivity contribution < 1.29 is 0 Å². The minimum atomic E-state index is 0.241. The van der Waals surface area contributed by atoms with Gasteiger partial charge in [-0.3, -0.25) is 0 Å². The molecule has 0 saturated heterocycles. The monoisotopic (exact) mass is 282 g/mol. The highest BCUT2D eigenvalue weighted by Crippen LogP contribution is 2.29. The Balaban J connectivity index is 2.91. The van der Waals surface area contributed by atoms with Crippen LogP contribution in [0.3, 0.4) is 0 Å². The molecule has 3 heteroatoms. The summed E-state index contributed by atoms with van der Waals surface area (Å²) in [6, 6.07) is 5.09. The van der Waals surface area contributed by atoms with Gasteiger partial charge in [-0.1, -0.05) is 20.8 Å². The number of rotatable bonds is 8. The molecule has 0 aromatic carbocycles. The van der Waals surface area contributed by atoms with Crippen molar-refractivity contribution in [2.75, 3.05) is 21.1 Å². The molecule has 1 aromatic heterocycles. The van der Waals surface area contributed by atoms with Gasteiger partial charge in [0.15, 0.2) is 0 Å². The number of hydrogen-bond acceptors (Lipinski definition) is 3. The average molecular weight is 282 g/mol. The van der Waals surface area contributed by atoms with E-state index in [0.717, 1.165) is 12.8 Å². The van der Waals surface area contributed by atoms with Crippen LogP contribution in [0, 0.1) is 0 Å². The van der Waals surface area contributed by atoms with E-state index in [-0.39, 0.29) is 5.54 Å². The fraction of sp³-hybridized carbons (Fsp3) is 0.750. The van der Waals surface area contributed by atoms with E-state index in [9.17, 15) is 0 Å². The fourth-order valence-corrected chi connectivity index (χ4v) is 4.17. The van der Waals surface area contributed by atoms with Gasteiger partial charge < -0.3 is 10.2 Å². The predicted molar refractivity (Wildman–Crippen MR) is 87.2 cm³/mol. The molecule has 0 aliphatic rings. The highest BCUT2D eigenvalue weighted by molar-refractivity contribution is 7.11. The molecular formula is C16H30N2S. The molecule has 2 nitrogen and oxygen atoms in total. The predicted octanol–water partition coefficient (Wildman–Crippen LogP) is 3.56.